The van der Waals surface area contributed by atoms with Gasteiger partial charge in [0.1, 0.15) is 5.82 Å². The smallest absolute Gasteiger partial charge is 0.426 e. The Balaban J connectivity index is 2.71. The first kappa shape index (κ1) is 17.9. The number of hydrogen-bond donors (Lipinski definition) is 4. The Bertz CT molecular complexity index is 566. The minimum atomic E-state index is -4.74. The first-order valence-corrected chi connectivity index (χ1v) is 5.89. The van der Waals surface area contributed by atoms with E-state index in [0.29, 0.717) is 18.2 Å². The van der Waals surface area contributed by atoms with E-state index < -0.39 is 55.0 Å². The SMILES string of the molecule is O=C(CNC(=O)c1cc(C(F)(F)F)ccc1F)NCB(O)O. The van der Waals surface area contributed by atoms with Crippen molar-refractivity contribution in [1.29, 1.82) is 0 Å². The Morgan fingerprint density at radius 2 is 1.82 bits per heavy atom. The number of carbonyl (C=O) groups excluding carboxylic acids is 2. The van der Waals surface area contributed by atoms with E-state index in [1.165, 1.54) is 0 Å². The summed E-state index contributed by atoms with van der Waals surface area (Å²) in [6.45, 7) is -0.665. The van der Waals surface area contributed by atoms with Crippen LogP contribution in [0.5, 0.6) is 0 Å². The molecule has 0 fully saturated rings. The summed E-state index contributed by atoms with van der Waals surface area (Å²) in [7, 11) is -1.79. The molecule has 0 bridgehead atoms. The van der Waals surface area contributed by atoms with Crippen LogP contribution >= 0.6 is 0 Å². The standard InChI is InChI=1S/C11H11BF4N2O4/c13-8-2-1-6(11(14,15)16)3-7(8)10(20)17-4-9(19)18-5-12(21)22/h1-3,21-22H,4-5H2,(H,17,20)(H,18,19). The van der Waals surface area contributed by atoms with Crippen molar-refractivity contribution in [2.45, 2.75) is 6.18 Å². The third kappa shape index (κ3) is 5.33. The number of hydrogen-bond acceptors (Lipinski definition) is 4. The van der Waals surface area contributed by atoms with Crippen molar-refractivity contribution in [1.82, 2.24) is 10.6 Å². The Hall–Kier alpha value is -2.14. The molecular weight excluding hydrogens is 311 g/mol. The minimum absolute atomic E-state index is 0.333. The van der Waals surface area contributed by atoms with E-state index in [9.17, 15) is 27.2 Å². The van der Waals surface area contributed by atoms with Gasteiger partial charge in [-0.2, -0.15) is 13.2 Å². The molecule has 4 N–H and O–H groups in total. The van der Waals surface area contributed by atoms with Crippen molar-refractivity contribution in [3.63, 3.8) is 0 Å². The normalized spacial score (nSPS) is 11.0. The average Bonchev–Trinajstić information content (AvgIpc) is 2.41. The second kappa shape index (κ2) is 7.23. The number of rotatable bonds is 5. The number of benzene rings is 1. The summed E-state index contributed by atoms with van der Waals surface area (Å²) >= 11 is 0. The van der Waals surface area contributed by atoms with Gasteiger partial charge in [-0.15, -0.1) is 0 Å². The monoisotopic (exact) mass is 322 g/mol. The van der Waals surface area contributed by atoms with Crippen LogP contribution in [0, 0.1) is 5.82 Å². The van der Waals surface area contributed by atoms with E-state index in [0.717, 1.165) is 0 Å². The van der Waals surface area contributed by atoms with Gasteiger partial charge in [0.2, 0.25) is 5.91 Å². The van der Waals surface area contributed by atoms with Gasteiger partial charge in [-0.05, 0) is 18.2 Å². The Labute approximate surface area is 122 Å². The van der Waals surface area contributed by atoms with Crippen molar-refractivity contribution in [3.05, 3.63) is 35.1 Å². The van der Waals surface area contributed by atoms with E-state index in [1.807, 2.05) is 10.6 Å². The molecule has 0 saturated heterocycles. The zero-order chi connectivity index (χ0) is 16.9. The molecule has 0 radical (unpaired) electrons. The summed E-state index contributed by atoms with van der Waals surface area (Å²) in [5.41, 5.74) is -2.06. The van der Waals surface area contributed by atoms with Gasteiger partial charge in [0.15, 0.2) is 0 Å². The lowest BCUT2D eigenvalue weighted by Crippen LogP contribution is -2.41. The summed E-state index contributed by atoms with van der Waals surface area (Å²) in [6.07, 6.45) is -5.23. The van der Waals surface area contributed by atoms with E-state index in [4.69, 9.17) is 10.0 Å². The molecule has 6 nitrogen and oxygen atoms in total. The van der Waals surface area contributed by atoms with Gasteiger partial charge in [0.25, 0.3) is 5.91 Å². The minimum Gasteiger partial charge on any atom is -0.426 e. The van der Waals surface area contributed by atoms with Crippen LogP contribution in [0.3, 0.4) is 0 Å². The van der Waals surface area contributed by atoms with Gasteiger partial charge in [0.05, 0.1) is 24.1 Å². The van der Waals surface area contributed by atoms with Crippen LogP contribution in [0.2, 0.25) is 0 Å². The second-order valence-corrected chi connectivity index (χ2v) is 4.16. The Morgan fingerprint density at radius 1 is 1.18 bits per heavy atom. The fraction of sp³-hybridized carbons (Fsp3) is 0.273. The molecule has 0 atom stereocenters. The van der Waals surface area contributed by atoms with E-state index >= 15 is 0 Å². The van der Waals surface area contributed by atoms with Gasteiger partial charge >= 0.3 is 13.3 Å². The Morgan fingerprint density at radius 3 is 2.36 bits per heavy atom. The molecule has 0 saturated carbocycles. The molecule has 1 aromatic rings. The maximum absolute atomic E-state index is 13.4. The maximum Gasteiger partial charge on any atom is 0.472 e. The quantitative estimate of drug-likeness (QED) is 0.442. The summed E-state index contributed by atoms with van der Waals surface area (Å²) in [6, 6.07) is 1.32. The number of alkyl halides is 3. The molecule has 1 aromatic carbocycles. The highest BCUT2D eigenvalue weighted by molar-refractivity contribution is 6.41. The van der Waals surface area contributed by atoms with Crippen molar-refractivity contribution >= 4 is 18.9 Å². The first-order chi connectivity index (χ1) is 10.1. The highest BCUT2D eigenvalue weighted by atomic mass is 19.4. The largest absolute Gasteiger partial charge is 0.472 e. The van der Waals surface area contributed by atoms with Crippen molar-refractivity contribution in [2.24, 2.45) is 0 Å². The third-order valence-electron chi connectivity index (χ3n) is 2.43. The second-order valence-electron chi connectivity index (χ2n) is 4.16. The van der Waals surface area contributed by atoms with Crippen LogP contribution in [0.1, 0.15) is 15.9 Å². The van der Waals surface area contributed by atoms with E-state index in [-0.39, 0.29) is 0 Å². The molecule has 2 amide bonds. The lowest BCUT2D eigenvalue weighted by atomic mass is 9.92. The maximum atomic E-state index is 13.4. The molecular formula is C11H11BF4N2O4. The van der Waals surface area contributed by atoms with Gasteiger partial charge in [-0.1, -0.05) is 0 Å². The lowest BCUT2D eigenvalue weighted by Gasteiger charge is -2.10. The lowest BCUT2D eigenvalue weighted by molar-refractivity contribution is -0.137. The number of amides is 2. The predicted octanol–water partition coefficient (Wildman–Crippen LogP) is -0.297. The predicted molar refractivity (Wildman–Crippen MR) is 66.9 cm³/mol. The molecule has 0 unspecified atom stereocenters. The molecule has 0 aliphatic rings. The Kier molecular flexibility index (Phi) is 5.88. The zero-order valence-corrected chi connectivity index (χ0v) is 10.9. The first-order valence-electron chi connectivity index (χ1n) is 5.89. The molecule has 0 spiro atoms. The summed E-state index contributed by atoms with van der Waals surface area (Å²) in [4.78, 5) is 22.8. The average molecular weight is 322 g/mol. The van der Waals surface area contributed by atoms with Gasteiger partial charge in [-0.3, -0.25) is 9.59 Å². The molecule has 120 valence electrons. The molecule has 0 aliphatic carbocycles. The fourth-order valence-electron chi connectivity index (χ4n) is 1.40. The highest BCUT2D eigenvalue weighted by Crippen LogP contribution is 2.30. The number of carbonyl (C=O) groups is 2. The van der Waals surface area contributed by atoms with Crippen molar-refractivity contribution in [3.8, 4) is 0 Å². The van der Waals surface area contributed by atoms with Gasteiger partial charge < -0.3 is 20.7 Å². The fourth-order valence-corrected chi connectivity index (χ4v) is 1.40. The van der Waals surface area contributed by atoms with Crippen LogP contribution < -0.4 is 10.6 Å². The van der Waals surface area contributed by atoms with Gasteiger partial charge in [0, 0.05) is 0 Å². The van der Waals surface area contributed by atoms with Crippen LogP contribution in [0.15, 0.2) is 18.2 Å². The zero-order valence-electron chi connectivity index (χ0n) is 10.9. The van der Waals surface area contributed by atoms with Crippen molar-refractivity contribution in [2.75, 3.05) is 13.0 Å². The summed E-state index contributed by atoms with van der Waals surface area (Å²) in [5.74, 6) is -3.20. The number of nitrogens with one attached hydrogen (secondary N) is 2. The highest BCUT2D eigenvalue weighted by Gasteiger charge is 2.32. The van der Waals surface area contributed by atoms with Crippen LogP contribution in [-0.4, -0.2) is 42.0 Å². The molecule has 0 heterocycles. The molecule has 22 heavy (non-hydrogen) atoms. The van der Waals surface area contributed by atoms with E-state index in [2.05, 4.69) is 0 Å². The third-order valence-corrected chi connectivity index (χ3v) is 2.43. The van der Waals surface area contributed by atoms with E-state index in [1.54, 1.807) is 0 Å². The van der Waals surface area contributed by atoms with Crippen LogP contribution in [-0.2, 0) is 11.0 Å². The number of halogens is 4. The molecule has 11 heteroatoms. The summed E-state index contributed by atoms with van der Waals surface area (Å²) in [5, 5.41) is 20.9. The molecule has 0 aliphatic heterocycles. The van der Waals surface area contributed by atoms with Gasteiger partial charge in [-0.25, -0.2) is 4.39 Å². The van der Waals surface area contributed by atoms with Crippen LogP contribution in [0.25, 0.3) is 0 Å². The molecule has 0 aromatic heterocycles. The molecule has 1 rings (SSSR count). The topological polar surface area (TPSA) is 98.7 Å². The van der Waals surface area contributed by atoms with Crippen molar-refractivity contribution < 1.29 is 37.2 Å². The van der Waals surface area contributed by atoms with Crippen LogP contribution in [0.4, 0.5) is 17.6 Å². The summed E-state index contributed by atoms with van der Waals surface area (Å²) < 4.78 is 50.9.